The van der Waals surface area contributed by atoms with E-state index in [1.54, 1.807) is 6.92 Å². The first-order chi connectivity index (χ1) is 7.10. The van der Waals surface area contributed by atoms with Crippen molar-refractivity contribution in [1.82, 2.24) is 0 Å². The third-order valence-corrected chi connectivity index (χ3v) is 2.07. The average molecular weight is 267 g/mol. The number of nitrogen functional groups attached to an aromatic ring is 1. The Bertz CT molecular complexity index is 385. The molecule has 0 heterocycles. The predicted molar refractivity (Wildman–Crippen MR) is 64.6 cm³/mol. The quantitative estimate of drug-likeness (QED) is 0.575. The lowest BCUT2D eigenvalue weighted by molar-refractivity contribution is 0.0697. The van der Waals surface area contributed by atoms with Gasteiger partial charge in [-0.05, 0) is 13.0 Å². The van der Waals surface area contributed by atoms with Gasteiger partial charge in [-0.25, -0.2) is 4.79 Å². The van der Waals surface area contributed by atoms with Crippen molar-refractivity contribution in [2.24, 2.45) is 5.84 Å². The molecule has 0 saturated heterocycles. The van der Waals surface area contributed by atoms with Crippen LogP contribution >= 0.6 is 24.0 Å². The van der Waals surface area contributed by atoms with Crippen molar-refractivity contribution >= 4 is 35.7 Å². The highest BCUT2D eigenvalue weighted by atomic mass is 35.5. The molecule has 0 spiro atoms. The zero-order valence-electron chi connectivity index (χ0n) is 8.49. The van der Waals surface area contributed by atoms with Gasteiger partial charge in [-0.1, -0.05) is 11.6 Å². The number of carboxylic acids is 1. The molecule has 1 rings (SSSR count). The minimum atomic E-state index is -1.11. The Hall–Kier alpha value is -1.17. The maximum Gasteiger partial charge on any atom is 0.337 e. The molecule has 0 saturated carbocycles. The zero-order chi connectivity index (χ0) is 11.4. The molecule has 0 aromatic heterocycles. The van der Waals surface area contributed by atoms with E-state index in [-0.39, 0.29) is 23.0 Å². The molecule has 0 aliphatic carbocycles. The number of benzene rings is 1. The molecular weight excluding hydrogens is 255 g/mol. The van der Waals surface area contributed by atoms with Gasteiger partial charge in [-0.15, -0.1) is 12.4 Å². The fraction of sp³-hybridized carbons (Fsp3) is 0.222. The Morgan fingerprint density at radius 3 is 2.69 bits per heavy atom. The first-order valence-corrected chi connectivity index (χ1v) is 4.64. The molecule has 0 fully saturated rings. The van der Waals surface area contributed by atoms with Gasteiger partial charge >= 0.3 is 5.97 Å². The number of nitrogens with two attached hydrogens (primary N) is 1. The highest BCUT2D eigenvalue weighted by Crippen LogP contribution is 2.30. The first kappa shape index (κ1) is 14.8. The largest absolute Gasteiger partial charge is 0.492 e. The van der Waals surface area contributed by atoms with Crippen LogP contribution in [-0.2, 0) is 0 Å². The number of rotatable bonds is 4. The van der Waals surface area contributed by atoms with Gasteiger partial charge in [0.2, 0.25) is 0 Å². The van der Waals surface area contributed by atoms with Gasteiger partial charge in [0.1, 0.15) is 5.75 Å². The number of anilines is 1. The van der Waals surface area contributed by atoms with Crippen LogP contribution < -0.4 is 16.0 Å². The second kappa shape index (κ2) is 6.42. The Morgan fingerprint density at radius 2 is 2.25 bits per heavy atom. The molecule has 1 aromatic carbocycles. The second-order valence-electron chi connectivity index (χ2n) is 2.71. The average Bonchev–Trinajstić information content (AvgIpc) is 2.18. The lowest BCUT2D eigenvalue weighted by Crippen LogP contribution is -2.10. The number of hydrogen-bond donors (Lipinski definition) is 3. The summed E-state index contributed by atoms with van der Waals surface area (Å²) < 4.78 is 5.22. The number of carbonyl (C=O) groups is 1. The smallest absolute Gasteiger partial charge is 0.337 e. The van der Waals surface area contributed by atoms with E-state index in [1.165, 1.54) is 12.1 Å². The lowest BCUT2D eigenvalue weighted by Gasteiger charge is -2.11. The van der Waals surface area contributed by atoms with Crippen LogP contribution in [0, 0.1) is 0 Å². The highest BCUT2D eigenvalue weighted by molar-refractivity contribution is 6.33. The molecular formula is C9H12Cl2N2O3. The van der Waals surface area contributed by atoms with E-state index in [2.05, 4.69) is 5.43 Å². The van der Waals surface area contributed by atoms with Gasteiger partial charge in [-0.3, -0.25) is 5.84 Å². The minimum Gasteiger partial charge on any atom is -0.492 e. The van der Waals surface area contributed by atoms with Crippen molar-refractivity contribution in [1.29, 1.82) is 0 Å². The molecule has 4 N–H and O–H groups in total. The number of halogens is 2. The van der Waals surface area contributed by atoms with Crippen molar-refractivity contribution < 1.29 is 14.6 Å². The van der Waals surface area contributed by atoms with Gasteiger partial charge < -0.3 is 15.3 Å². The highest BCUT2D eigenvalue weighted by Gasteiger charge is 2.13. The van der Waals surface area contributed by atoms with Crippen molar-refractivity contribution in [3.63, 3.8) is 0 Å². The second-order valence-corrected chi connectivity index (χ2v) is 3.12. The molecule has 16 heavy (non-hydrogen) atoms. The van der Waals surface area contributed by atoms with E-state index in [0.717, 1.165) is 0 Å². The Labute approximate surface area is 104 Å². The van der Waals surface area contributed by atoms with Crippen LogP contribution in [-0.4, -0.2) is 17.7 Å². The van der Waals surface area contributed by atoms with Crippen molar-refractivity contribution in [2.45, 2.75) is 6.92 Å². The van der Waals surface area contributed by atoms with E-state index >= 15 is 0 Å². The van der Waals surface area contributed by atoms with Crippen molar-refractivity contribution in [2.75, 3.05) is 12.0 Å². The molecule has 7 heteroatoms. The number of hydrogen-bond acceptors (Lipinski definition) is 4. The third-order valence-electron chi connectivity index (χ3n) is 1.76. The molecule has 0 aliphatic heterocycles. The number of carboxylic acid groups (broad SMARTS) is 1. The molecule has 0 aliphatic rings. The Kier molecular flexibility index (Phi) is 5.95. The van der Waals surface area contributed by atoms with Gasteiger partial charge in [0.25, 0.3) is 0 Å². The van der Waals surface area contributed by atoms with Gasteiger partial charge in [-0.2, -0.15) is 0 Å². The standard InChI is InChI=1S/C9H11ClN2O3.ClH/c1-2-15-8-4-6(10)5(9(13)14)3-7(8)12-11;/h3-4,12H,2,11H2,1H3,(H,13,14);1H. The molecule has 0 radical (unpaired) electrons. The molecule has 90 valence electrons. The molecule has 0 amide bonds. The molecule has 0 unspecified atom stereocenters. The summed E-state index contributed by atoms with van der Waals surface area (Å²) in [5.74, 6) is 4.55. The van der Waals surface area contributed by atoms with Crippen LogP contribution in [0.2, 0.25) is 5.02 Å². The summed E-state index contributed by atoms with van der Waals surface area (Å²) in [5, 5.41) is 8.93. The SMILES string of the molecule is CCOc1cc(Cl)c(C(=O)O)cc1NN.Cl. The molecule has 5 nitrogen and oxygen atoms in total. The number of hydrazine groups is 1. The van der Waals surface area contributed by atoms with Gasteiger partial charge in [0.05, 0.1) is 22.9 Å². The van der Waals surface area contributed by atoms with Crippen LogP contribution in [0.5, 0.6) is 5.75 Å². The summed E-state index contributed by atoms with van der Waals surface area (Å²) in [6.45, 7) is 2.25. The van der Waals surface area contributed by atoms with E-state index in [9.17, 15) is 4.79 Å². The van der Waals surface area contributed by atoms with Crippen LogP contribution in [0.25, 0.3) is 0 Å². The summed E-state index contributed by atoms with van der Waals surface area (Å²) in [4.78, 5) is 10.8. The lowest BCUT2D eigenvalue weighted by atomic mass is 10.2. The summed E-state index contributed by atoms with van der Waals surface area (Å²) in [6, 6.07) is 2.75. The first-order valence-electron chi connectivity index (χ1n) is 4.26. The Balaban J connectivity index is 0.00000225. The zero-order valence-corrected chi connectivity index (χ0v) is 10.1. The molecule has 0 atom stereocenters. The summed E-state index contributed by atoms with van der Waals surface area (Å²) in [5.41, 5.74) is 2.72. The Morgan fingerprint density at radius 1 is 1.62 bits per heavy atom. The van der Waals surface area contributed by atoms with Crippen LogP contribution in [0.1, 0.15) is 17.3 Å². The number of nitrogens with one attached hydrogen (secondary N) is 1. The minimum absolute atomic E-state index is 0. The van der Waals surface area contributed by atoms with Crippen LogP contribution in [0.15, 0.2) is 12.1 Å². The van der Waals surface area contributed by atoms with Gasteiger partial charge in [0, 0.05) is 6.07 Å². The van der Waals surface area contributed by atoms with Crippen LogP contribution in [0.3, 0.4) is 0 Å². The predicted octanol–water partition coefficient (Wildman–Crippen LogP) is 2.14. The summed E-state index contributed by atoms with van der Waals surface area (Å²) >= 11 is 5.76. The van der Waals surface area contributed by atoms with E-state index in [1.807, 2.05) is 0 Å². The molecule has 0 bridgehead atoms. The van der Waals surface area contributed by atoms with E-state index in [0.29, 0.717) is 18.0 Å². The topological polar surface area (TPSA) is 84.6 Å². The van der Waals surface area contributed by atoms with Crippen LogP contribution in [0.4, 0.5) is 5.69 Å². The fourth-order valence-electron chi connectivity index (χ4n) is 1.11. The number of ether oxygens (including phenoxy) is 1. The number of aromatic carboxylic acids is 1. The fourth-order valence-corrected chi connectivity index (χ4v) is 1.34. The maximum absolute atomic E-state index is 10.8. The molecule has 1 aromatic rings. The van der Waals surface area contributed by atoms with Gasteiger partial charge in [0.15, 0.2) is 0 Å². The third kappa shape index (κ3) is 3.16. The van der Waals surface area contributed by atoms with E-state index < -0.39 is 5.97 Å². The normalized spacial score (nSPS) is 9.19. The summed E-state index contributed by atoms with van der Waals surface area (Å²) in [6.07, 6.45) is 0. The van der Waals surface area contributed by atoms with E-state index in [4.69, 9.17) is 27.3 Å². The van der Waals surface area contributed by atoms with Crippen molar-refractivity contribution in [3.05, 3.63) is 22.7 Å². The maximum atomic E-state index is 10.8. The summed E-state index contributed by atoms with van der Waals surface area (Å²) in [7, 11) is 0. The van der Waals surface area contributed by atoms with Crippen molar-refractivity contribution in [3.8, 4) is 5.75 Å². The monoisotopic (exact) mass is 266 g/mol.